The summed E-state index contributed by atoms with van der Waals surface area (Å²) in [5.41, 5.74) is 3.44. The number of rotatable bonds is 5. The number of nitrogens with one attached hydrogen (secondary N) is 2. The molecule has 112 valence electrons. The van der Waals surface area contributed by atoms with Gasteiger partial charge in [0, 0.05) is 34.8 Å². The van der Waals surface area contributed by atoms with Gasteiger partial charge < -0.3 is 10.3 Å². The lowest BCUT2D eigenvalue weighted by atomic mass is 10.1. The minimum Gasteiger partial charge on any atom is -0.361 e. The molecule has 0 unspecified atom stereocenters. The van der Waals surface area contributed by atoms with Crippen LogP contribution >= 0.6 is 11.3 Å². The van der Waals surface area contributed by atoms with Crippen LogP contribution in [0.15, 0.2) is 35.8 Å². The van der Waals surface area contributed by atoms with Crippen LogP contribution in [0.3, 0.4) is 0 Å². The number of aromatic amines is 1. The number of thiazole rings is 1. The molecule has 0 spiro atoms. The van der Waals surface area contributed by atoms with Crippen molar-refractivity contribution in [2.24, 2.45) is 0 Å². The Balaban J connectivity index is 1.37. The van der Waals surface area contributed by atoms with Gasteiger partial charge in [-0.05, 0) is 30.9 Å². The van der Waals surface area contributed by atoms with E-state index in [-0.39, 0.29) is 5.91 Å². The summed E-state index contributed by atoms with van der Waals surface area (Å²) in [6.07, 6.45) is 5.67. The molecule has 2 aromatic heterocycles. The third-order valence-electron chi connectivity index (χ3n) is 4.06. The van der Waals surface area contributed by atoms with E-state index in [0.29, 0.717) is 12.3 Å². The van der Waals surface area contributed by atoms with Crippen molar-refractivity contribution in [1.29, 1.82) is 0 Å². The van der Waals surface area contributed by atoms with E-state index in [2.05, 4.69) is 26.7 Å². The Morgan fingerprint density at radius 2 is 2.23 bits per heavy atom. The molecule has 1 aromatic carbocycles. The molecular formula is C17H17N3OS. The Bertz CT molecular complexity index is 816. The third kappa shape index (κ3) is 2.76. The lowest BCUT2D eigenvalue weighted by Gasteiger charge is -2.01. The molecule has 4 rings (SSSR count). The van der Waals surface area contributed by atoms with Crippen molar-refractivity contribution in [3.63, 3.8) is 0 Å². The van der Waals surface area contributed by atoms with Crippen molar-refractivity contribution in [1.82, 2.24) is 9.97 Å². The number of H-pyrrole nitrogens is 1. The molecule has 2 heterocycles. The van der Waals surface area contributed by atoms with Crippen LogP contribution in [0.25, 0.3) is 10.9 Å². The Morgan fingerprint density at radius 1 is 1.36 bits per heavy atom. The zero-order chi connectivity index (χ0) is 14.9. The van der Waals surface area contributed by atoms with E-state index in [4.69, 9.17) is 0 Å². The normalized spacial score (nSPS) is 14.4. The fourth-order valence-corrected chi connectivity index (χ4v) is 3.49. The summed E-state index contributed by atoms with van der Waals surface area (Å²) in [7, 11) is 0. The first-order valence-corrected chi connectivity index (χ1v) is 8.48. The highest BCUT2D eigenvalue weighted by atomic mass is 32.1. The lowest BCUT2D eigenvalue weighted by Crippen LogP contribution is -2.12. The van der Waals surface area contributed by atoms with E-state index in [1.807, 2.05) is 24.4 Å². The molecular weight excluding hydrogens is 294 g/mol. The van der Waals surface area contributed by atoms with Crippen molar-refractivity contribution in [2.75, 3.05) is 5.32 Å². The van der Waals surface area contributed by atoms with Crippen LogP contribution in [0.4, 0.5) is 5.13 Å². The highest BCUT2D eigenvalue weighted by Gasteiger charge is 2.26. The molecule has 0 atom stereocenters. The van der Waals surface area contributed by atoms with E-state index in [0.717, 1.165) is 22.8 Å². The number of hydrogen-bond acceptors (Lipinski definition) is 3. The number of benzene rings is 1. The molecule has 22 heavy (non-hydrogen) atoms. The number of anilines is 1. The molecule has 0 radical (unpaired) electrons. The average Bonchev–Trinajstić information content (AvgIpc) is 3.14. The van der Waals surface area contributed by atoms with Gasteiger partial charge >= 0.3 is 0 Å². The minimum absolute atomic E-state index is 0.0296. The van der Waals surface area contributed by atoms with E-state index in [1.165, 1.54) is 35.1 Å². The van der Waals surface area contributed by atoms with Gasteiger partial charge in [-0.15, -0.1) is 11.3 Å². The molecule has 1 aliphatic carbocycles. The maximum Gasteiger partial charge on any atom is 0.226 e. The summed E-state index contributed by atoms with van der Waals surface area (Å²) in [6, 6.07) is 8.17. The second-order valence-electron chi connectivity index (χ2n) is 5.76. The van der Waals surface area contributed by atoms with Crippen LogP contribution in [-0.2, 0) is 11.2 Å². The van der Waals surface area contributed by atoms with Crippen molar-refractivity contribution in [2.45, 2.75) is 31.6 Å². The van der Waals surface area contributed by atoms with Crippen LogP contribution in [0, 0.1) is 0 Å². The maximum absolute atomic E-state index is 12.1. The zero-order valence-electron chi connectivity index (χ0n) is 12.1. The van der Waals surface area contributed by atoms with Crippen molar-refractivity contribution in [3.8, 4) is 0 Å². The number of amides is 1. The quantitative estimate of drug-likeness (QED) is 0.746. The first-order chi connectivity index (χ1) is 10.8. The number of aryl methyl sites for hydroxylation is 1. The van der Waals surface area contributed by atoms with E-state index < -0.39 is 0 Å². The SMILES string of the molecule is O=C(CCc1c[nH]c2ccccc12)Nc1nc(C2CC2)cs1. The van der Waals surface area contributed by atoms with E-state index >= 15 is 0 Å². The van der Waals surface area contributed by atoms with Gasteiger partial charge in [-0.2, -0.15) is 0 Å². The van der Waals surface area contributed by atoms with E-state index in [1.54, 1.807) is 0 Å². The molecule has 1 fully saturated rings. The molecule has 4 nitrogen and oxygen atoms in total. The number of nitrogens with zero attached hydrogens (tertiary/aromatic N) is 1. The molecule has 0 aliphatic heterocycles. The second kappa shape index (κ2) is 5.57. The van der Waals surface area contributed by atoms with Gasteiger partial charge in [0.15, 0.2) is 5.13 Å². The highest BCUT2D eigenvalue weighted by Crippen LogP contribution is 2.40. The summed E-state index contributed by atoms with van der Waals surface area (Å²) in [5.74, 6) is 0.662. The van der Waals surface area contributed by atoms with Crippen molar-refractivity contribution >= 4 is 33.3 Å². The fourth-order valence-electron chi connectivity index (χ4n) is 2.68. The highest BCUT2D eigenvalue weighted by molar-refractivity contribution is 7.13. The van der Waals surface area contributed by atoms with Gasteiger partial charge in [0.1, 0.15) is 0 Å². The van der Waals surface area contributed by atoms with Crippen LogP contribution in [0.1, 0.15) is 36.4 Å². The Labute approximate surface area is 132 Å². The summed E-state index contributed by atoms with van der Waals surface area (Å²) >= 11 is 1.52. The molecule has 1 amide bonds. The monoisotopic (exact) mass is 311 g/mol. The van der Waals surface area contributed by atoms with E-state index in [9.17, 15) is 4.79 Å². The molecule has 3 aromatic rings. The maximum atomic E-state index is 12.1. The van der Waals surface area contributed by atoms with Gasteiger partial charge in [0.2, 0.25) is 5.91 Å². The average molecular weight is 311 g/mol. The van der Waals surface area contributed by atoms with Gasteiger partial charge in [0.25, 0.3) is 0 Å². The molecule has 0 bridgehead atoms. The third-order valence-corrected chi connectivity index (χ3v) is 4.84. The predicted molar refractivity (Wildman–Crippen MR) is 89.3 cm³/mol. The summed E-state index contributed by atoms with van der Waals surface area (Å²) < 4.78 is 0. The molecule has 1 aliphatic rings. The van der Waals surface area contributed by atoms with Crippen LogP contribution < -0.4 is 5.32 Å². The van der Waals surface area contributed by atoms with Crippen molar-refractivity contribution in [3.05, 3.63) is 47.1 Å². The number of carbonyl (C=O) groups is 1. The summed E-state index contributed by atoms with van der Waals surface area (Å²) in [4.78, 5) is 19.8. The summed E-state index contributed by atoms with van der Waals surface area (Å²) in [5, 5.41) is 6.90. The van der Waals surface area contributed by atoms with Gasteiger partial charge in [-0.25, -0.2) is 4.98 Å². The van der Waals surface area contributed by atoms with Gasteiger partial charge in [-0.1, -0.05) is 18.2 Å². The smallest absolute Gasteiger partial charge is 0.226 e. The number of para-hydroxylation sites is 1. The Kier molecular flexibility index (Phi) is 3.42. The molecule has 5 heteroatoms. The van der Waals surface area contributed by atoms with Crippen molar-refractivity contribution < 1.29 is 4.79 Å². The first kappa shape index (κ1) is 13.5. The standard InChI is InChI=1S/C17H17N3OS/c21-16(20-17-19-15(10-22-17)11-5-6-11)8-7-12-9-18-14-4-2-1-3-13(12)14/h1-4,9-11,18H,5-8H2,(H,19,20,21). The van der Waals surface area contributed by atoms with Crippen LogP contribution in [0.2, 0.25) is 0 Å². The summed E-state index contributed by atoms with van der Waals surface area (Å²) in [6.45, 7) is 0. The topological polar surface area (TPSA) is 57.8 Å². The number of aromatic nitrogens is 2. The van der Waals surface area contributed by atoms with Crippen LogP contribution in [-0.4, -0.2) is 15.9 Å². The fraction of sp³-hybridized carbons (Fsp3) is 0.294. The number of fused-ring (bicyclic) bond motifs is 1. The molecule has 1 saturated carbocycles. The van der Waals surface area contributed by atoms with Gasteiger partial charge in [-0.3, -0.25) is 4.79 Å². The number of carbonyl (C=O) groups excluding carboxylic acids is 1. The first-order valence-electron chi connectivity index (χ1n) is 7.60. The van der Waals surface area contributed by atoms with Crippen LogP contribution in [0.5, 0.6) is 0 Å². The Morgan fingerprint density at radius 3 is 3.09 bits per heavy atom. The minimum atomic E-state index is 0.0296. The lowest BCUT2D eigenvalue weighted by molar-refractivity contribution is -0.116. The second-order valence-corrected chi connectivity index (χ2v) is 6.62. The zero-order valence-corrected chi connectivity index (χ0v) is 13.0. The predicted octanol–water partition coefficient (Wildman–Crippen LogP) is 4.07. The Hall–Kier alpha value is -2.14. The molecule has 2 N–H and O–H groups in total. The molecule has 0 saturated heterocycles. The largest absolute Gasteiger partial charge is 0.361 e. The van der Waals surface area contributed by atoms with Gasteiger partial charge in [0.05, 0.1) is 5.69 Å². The number of hydrogen-bond donors (Lipinski definition) is 2.